The summed E-state index contributed by atoms with van der Waals surface area (Å²) >= 11 is 0. The summed E-state index contributed by atoms with van der Waals surface area (Å²) in [5.41, 5.74) is 7.04. The Morgan fingerprint density at radius 1 is 0.143 bits per heavy atom. The summed E-state index contributed by atoms with van der Waals surface area (Å²) in [5.74, 6) is 0. The van der Waals surface area contributed by atoms with Crippen LogP contribution in [0.3, 0.4) is 0 Å². The maximum absolute atomic E-state index is 14.7. The summed E-state index contributed by atoms with van der Waals surface area (Å²) in [5, 5.41) is 58.4. The van der Waals surface area contributed by atoms with Gasteiger partial charge in [0.25, 0.3) is 0 Å². The number of benzene rings is 18. The van der Waals surface area contributed by atoms with Crippen molar-refractivity contribution in [3.63, 3.8) is 0 Å². The molecule has 668 valence electrons. The molecular weight excluding hydrogens is 1790 g/mol. The molecule has 0 unspecified atom stereocenters. The van der Waals surface area contributed by atoms with E-state index in [1.807, 2.05) is 212 Å². The standard InChI is InChI=1S/2C58H30F6N6/c59-57(60,61)33-25-27-51-41(29-33)39-17-5-11-23-49(39)69(51)55-44(32-66)54(68-47-21-9-3-15-37(47)38-16-4-10-22-48(38)68)56(70-50-24-12-6-18-40(50)42-30-34(58(62,63)64)26-28-52(42)70)43(31-65)53(55)67-45-19-7-1-13-35(45)36-14-2-8-20-46(36)67;59-57(60,61)33-25-27-51-41(29-33)39-17-5-11-23-49(39)68(51)54-43(31-65)53(67-45-19-7-1-13-35(45)36-14-2-8-20-46(36)67)44(32-66)55(56(54)70-47-21-9-3-15-37(47)38-16-4-10-22-48(38)70)69-50-24-12-6-18-40(50)42-30-34(58(62,63)64)26-28-52(42)69/h2*1-30H. The van der Waals surface area contributed by atoms with E-state index in [1.165, 1.54) is 24.3 Å². The normalized spacial score (nSPS) is 12.4. The molecule has 0 aliphatic carbocycles. The summed E-state index contributed by atoms with van der Waals surface area (Å²) in [6.45, 7) is 0. The molecule has 0 spiro atoms. The van der Waals surface area contributed by atoms with Crippen LogP contribution in [0.5, 0.6) is 0 Å². The largest absolute Gasteiger partial charge is 0.416 e. The zero-order valence-electron chi connectivity index (χ0n) is 72.5. The van der Waals surface area contributed by atoms with Crippen molar-refractivity contribution in [1.82, 2.24) is 36.5 Å². The molecule has 0 radical (unpaired) electrons. The van der Waals surface area contributed by atoms with E-state index < -0.39 is 47.0 Å². The minimum atomic E-state index is -4.68. The van der Waals surface area contributed by atoms with Gasteiger partial charge in [-0.1, -0.05) is 218 Å². The van der Waals surface area contributed by atoms with Gasteiger partial charge >= 0.3 is 24.7 Å². The molecule has 0 amide bonds. The lowest BCUT2D eigenvalue weighted by molar-refractivity contribution is -0.138. The maximum atomic E-state index is 14.7. The number of nitriles is 4. The topological polar surface area (TPSA) is 135 Å². The monoisotopic (exact) mass is 1850 g/mol. The van der Waals surface area contributed by atoms with E-state index in [2.05, 4.69) is 24.3 Å². The number of alkyl halides is 12. The van der Waals surface area contributed by atoms with E-state index in [-0.39, 0.29) is 83.6 Å². The Hall–Kier alpha value is -18.5. The quantitative estimate of drug-likeness (QED) is 0.140. The molecule has 0 fully saturated rings. The van der Waals surface area contributed by atoms with E-state index in [0.717, 1.165) is 91.6 Å². The van der Waals surface area contributed by atoms with Crippen LogP contribution >= 0.6 is 0 Å². The Kier molecular flexibility index (Phi) is 18.1. The predicted molar refractivity (Wildman–Crippen MR) is 526 cm³/mol. The summed E-state index contributed by atoms with van der Waals surface area (Å²) < 4.78 is 191. The fourth-order valence-corrected chi connectivity index (χ4v) is 21.8. The highest BCUT2D eigenvalue weighted by atomic mass is 19.4. The number of nitrogens with zero attached hydrogens (tertiary/aromatic N) is 12. The van der Waals surface area contributed by atoms with Gasteiger partial charge < -0.3 is 36.5 Å². The van der Waals surface area contributed by atoms with Gasteiger partial charge in [0.05, 0.1) is 156 Å². The fraction of sp³-hybridized carbons (Fsp3) is 0.0345. The molecule has 0 atom stereocenters. The Morgan fingerprint density at radius 2 is 0.264 bits per heavy atom. The molecule has 0 bridgehead atoms. The van der Waals surface area contributed by atoms with Gasteiger partial charge in [0.1, 0.15) is 46.5 Å². The van der Waals surface area contributed by atoms with Crippen molar-refractivity contribution in [2.45, 2.75) is 24.7 Å². The van der Waals surface area contributed by atoms with Crippen LogP contribution in [0.4, 0.5) is 52.7 Å². The Labute approximate surface area is 783 Å². The van der Waals surface area contributed by atoms with E-state index in [4.69, 9.17) is 0 Å². The molecule has 0 aliphatic heterocycles. The van der Waals surface area contributed by atoms with Crippen molar-refractivity contribution in [3.8, 4) is 69.8 Å². The van der Waals surface area contributed by atoms with Crippen LogP contribution in [-0.4, -0.2) is 36.5 Å². The minimum absolute atomic E-state index is 0.0198. The van der Waals surface area contributed by atoms with Crippen LogP contribution in [0, 0.1) is 45.3 Å². The molecule has 0 aliphatic rings. The SMILES string of the molecule is N#Cc1c(-n2c3ccccc3c3ccccc32)c(-n2c3ccccc3c3cc(C(F)(F)F)ccc32)c(C#N)c(-n2c3ccccc3c3ccccc32)c1-n1c2ccccc2c2cc(C(F)(F)F)ccc21.N#Cc1c(-n2c3ccccc3c3ccccc32)c(C#N)c(-n2c3ccccc3c3cc(C(F)(F)F)ccc32)c(-n2c3ccccc3c3ccccc32)c1-n1c2ccccc2c2cc(C(F)(F)F)ccc21. The summed E-state index contributed by atoms with van der Waals surface area (Å²) in [7, 11) is 0. The first-order valence-electron chi connectivity index (χ1n) is 44.4. The molecular formula is C116H60F12N12. The highest BCUT2D eigenvalue weighted by molar-refractivity contribution is 6.20. The van der Waals surface area contributed by atoms with Gasteiger partial charge in [-0.15, -0.1) is 0 Å². The summed E-state index contributed by atoms with van der Waals surface area (Å²) in [6.07, 6.45) is -18.7. The molecule has 18 aromatic carbocycles. The second kappa shape index (κ2) is 30.5. The third-order valence-electron chi connectivity index (χ3n) is 27.3. The first-order valence-corrected chi connectivity index (χ1v) is 44.4. The number of halogens is 12. The Balaban J connectivity index is 0.000000148. The van der Waals surface area contributed by atoms with Crippen LogP contribution in [0.25, 0.3) is 220 Å². The van der Waals surface area contributed by atoms with Crippen molar-refractivity contribution >= 4 is 174 Å². The van der Waals surface area contributed by atoms with Gasteiger partial charge in [-0.3, -0.25) is 0 Å². The number of aromatic nitrogens is 8. The van der Waals surface area contributed by atoms with E-state index >= 15 is 0 Å². The highest BCUT2D eigenvalue weighted by Crippen LogP contribution is 2.54. The van der Waals surface area contributed by atoms with Gasteiger partial charge in [-0.25, -0.2) is 0 Å². The fourth-order valence-electron chi connectivity index (χ4n) is 21.8. The van der Waals surface area contributed by atoms with Crippen LogP contribution in [0.15, 0.2) is 364 Å². The lowest BCUT2D eigenvalue weighted by Gasteiger charge is -2.27. The molecule has 26 rings (SSSR count). The zero-order chi connectivity index (χ0) is 95.6. The molecule has 140 heavy (non-hydrogen) atoms. The number of rotatable bonds is 8. The van der Waals surface area contributed by atoms with Crippen LogP contribution in [0.2, 0.25) is 0 Å². The Bertz CT molecular complexity index is 9460. The average Bonchev–Trinajstić information content (AvgIpc) is 1.49. The second-order valence-corrected chi connectivity index (χ2v) is 34.5. The molecule has 0 saturated carbocycles. The van der Waals surface area contributed by atoms with Crippen LogP contribution in [-0.2, 0) is 24.7 Å². The number of para-hydroxylation sites is 12. The molecule has 0 saturated heterocycles. The zero-order valence-corrected chi connectivity index (χ0v) is 72.5. The van der Waals surface area contributed by atoms with Crippen molar-refractivity contribution in [1.29, 1.82) is 21.0 Å². The maximum Gasteiger partial charge on any atom is 0.416 e. The lowest BCUT2D eigenvalue weighted by atomic mass is 9.98. The second-order valence-electron chi connectivity index (χ2n) is 34.5. The minimum Gasteiger partial charge on any atom is -0.306 e. The summed E-state index contributed by atoms with van der Waals surface area (Å²) in [4.78, 5) is 0. The highest BCUT2D eigenvalue weighted by Gasteiger charge is 2.42. The molecule has 26 aromatic rings. The first-order chi connectivity index (χ1) is 67.9. The molecule has 8 aromatic heterocycles. The number of fused-ring (bicyclic) bond motifs is 24. The molecule has 0 N–H and O–H groups in total. The van der Waals surface area contributed by atoms with Crippen molar-refractivity contribution < 1.29 is 52.7 Å². The molecule has 24 heteroatoms. The smallest absolute Gasteiger partial charge is 0.306 e. The Morgan fingerprint density at radius 3 is 0.421 bits per heavy atom. The average molecular weight is 1850 g/mol. The molecule has 12 nitrogen and oxygen atoms in total. The van der Waals surface area contributed by atoms with Crippen molar-refractivity contribution in [3.05, 3.63) is 408 Å². The first kappa shape index (κ1) is 83.3. The molecule has 8 heterocycles. The van der Waals surface area contributed by atoms with Crippen LogP contribution < -0.4 is 0 Å². The van der Waals surface area contributed by atoms with E-state index in [0.29, 0.717) is 115 Å². The van der Waals surface area contributed by atoms with Gasteiger partial charge in [-0.2, -0.15) is 73.7 Å². The van der Waals surface area contributed by atoms with Crippen molar-refractivity contribution in [2.24, 2.45) is 0 Å². The number of hydrogen-bond donors (Lipinski definition) is 0. The van der Waals surface area contributed by atoms with E-state index in [9.17, 15) is 73.7 Å². The third kappa shape index (κ3) is 12.0. The van der Waals surface area contributed by atoms with Crippen molar-refractivity contribution in [2.75, 3.05) is 0 Å². The third-order valence-corrected chi connectivity index (χ3v) is 27.3. The predicted octanol–water partition coefficient (Wildman–Crippen LogP) is 31.7. The number of hydrogen-bond acceptors (Lipinski definition) is 4. The van der Waals surface area contributed by atoms with E-state index in [1.54, 1.807) is 115 Å². The van der Waals surface area contributed by atoms with Gasteiger partial charge in [-0.05, 0) is 146 Å². The van der Waals surface area contributed by atoms with Gasteiger partial charge in [0.2, 0.25) is 0 Å². The van der Waals surface area contributed by atoms with Gasteiger partial charge in [0, 0.05) is 86.2 Å². The van der Waals surface area contributed by atoms with Gasteiger partial charge in [0.15, 0.2) is 0 Å². The van der Waals surface area contributed by atoms with Crippen LogP contribution in [0.1, 0.15) is 44.5 Å². The lowest BCUT2D eigenvalue weighted by Crippen LogP contribution is -2.17. The summed E-state index contributed by atoms with van der Waals surface area (Å²) in [6, 6.07) is 114.